The van der Waals surface area contributed by atoms with Crippen LogP contribution in [-0.2, 0) is 13.2 Å². The largest absolute Gasteiger partial charge is 0.487 e. The summed E-state index contributed by atoms with van der Waals surface area (Å²) in [5, 5.41) is 6.50. The Morgan fingerprint density at radius 2 is 1.76 bits per heavy atom. The summed E-state index contributed by atoms with van der Waals surface area (Å²) < 4.78 is 7.10. The van der Waals surface area contributed by atoms with Crippen molar-refractivity contribution >= 4 is 44.0 Å². The van der Waals surface area contributed by atoms with E-state index in [-0.39, 0.29) is 0 Å². The van der Waals surface area contributed by atoms with E-state index in [0.717, 1.165) is 21.3 Å². The second kappa shape index (κ2) is 8.89. The van der Waals surface area contributed by atoms with Gasteiger partial charge in [-0.25, -0.2) is 0 Å². The summed E-state index contributed by atoms with van der Waals surface area (Å²) in [6.45, 7) is 3.27. The Labute approximate surface area is 184 Å². The molecule has 0 heterocycles. The van der Waals surface area contributed by atoms with Crippen molar-refractivity contribution in [3.05, 3.63) is 105 Å². The van der Waals surface area contributed by atoms with E-state index in [1.165, 1.54) is 16.3 Å². The lowest BCUT2D eigenvalue weighted by Crippen LogP contribution is -2.02. The van der Waals surface area contributed by atoms with Gasteiger partial charge in [-0.1, -0.05) is 76.1 Å². The molecule has 0 spiro atoms. The number of halogens is 2. The Kier molecular flexibility index (Phi) is 6.08. The molecule has 29 heavy (non-hydrogen) atoms. The number of ether oxygens (including phenoxy) is 1. The summed E-state index contributed by atoms with van der Waals surface area (Å²) in [4.78, 5) is 0. The van der Waals surface area contributed by atoms with Crippen LogP contribution in [0.5, 0.6) is 5.75 Å². The summed E-state index contributed by atoms with van der Waals surface area (Å²) in [5.74, 6) is 0.697. The molecule has 0 aliphatic carbocycles. The van der Waals surface area contributed by atoms with E-state index in [2.05, 4.69) is 70.6 Å². The van der Waals surface area contributed by atoms with Gasteiger partial charge in [0.25, 0.3) is 0 Å². The fourth-order valence-corrected chi connectivity index (χ4v) is 4.10. The smallest absolute Gasteiger partial charge is 0.138 e. The van der Waals surface area contributed by atoms with E-state index < -0.39 is 0 Å². The molecule has 0 radical (unpaired) electrons. The Balaban J connectivity index is 1.43. The zero-order valence-corrected chi connectivity index (χ0v) is 18.4. The fraction of sp³-hybridized carbons (Fsp3) is 0.120. The normalized spacial score (nSPS) is 10.9. The lowest BCUT2D eigenvalue weighted by molar-refractivity contribution is 0.308. The van der Waals surface area contributed by atoms with E-state index in [9.17, 15) is 0 Å². The van der Waals surface area contributed by atoms with Crippen molar-refractivity contribution in [2.24, 2.45) is 0 Å². The van der Waals surface area contributed by atoms with Crippen LogP contribution in [0.15, 0.2) is 83.3 Å². The molecule has 4 aromatic rings. The van der Waals surface area contributed by atoms with E-state index in [0.29, 0.717) is 23.9 Å². The maximum Gasteiger partial charge on any atom is 0.138 e. The monoisotopic (exact) mass is 465 g/mol. The van der Waals surface area contributed by atoms with Crippen LogP contribution in [0, 0.1) is 6.92 Å². The second-order valence-corrected chi connectivity index (χ2v) is 8.33. The molecule has 0 amide bonds. The van der Waals surface area contributed by atoms with Crippen LogP contribution in [0.3, 0.4) is 0 Å². The van der Waals surface area contributed by atoms with Crippen LogP contribution in [0.4, 0.5) is 5.69 Å². The summed E-state index contributed by atoms with van der Waals surface area (Å²) in [6.07, 6.45) is 0. The number of hydrogen-bond acceptors (Lipinski definition) is 2. The van der Waals surface area contributed by atoms with E-state index in [1.807, 2.05) is 36.4 Å². The highest BCUT2D eigenvalue weighted by Crippen LogP contribution is 2.28. The first-order valence-electron chi connectivity index (χ1n) is 9.48. The van der Waals surface area contributed by atoms with Crippen LogP contribution >= 0.6 is 27.5 Å². The van der Waals surface area contributed by atoms with Gasteiger partial charge < -0.3 is 10.1 Å². The summed E-state index contributed by atoms with van der Waals surface area (Å²) in [7, 11) is 0. The molecule has 0 saturated carbocycles. The first kappa shape index (κ1) is 19.8. The Morgan fingerprint density at radius 1 is 0.931 bits per heavy atom. The molecule has 0 aliphatic heterocycles. The predicted molar refractivity (Wildman–Crippen MR) is 126 cm³/mol. The van der Waals surface area contributed by atoms with Gasteiger partial charge in [-0.05, 0) is 64.7 Å². The van der Waals surface area contributed by atoms with E-state index >= 15 is 0 Å². The average Bonchev–Trinajstić information content (AvgIpc) is 2.72. The van der Waals surface area contributed by atoms with Crippen molar-refractivity contribution < 1.29 is 4.74 Å². The van der Waals surface area contributed by atoms with Gasteiger partial charge in [0, 0.05) is 16.7 Å². The number of nitrogens with one attached hydrogen (secondary N) is 1. The van der Waals surface area contributed by atoms with Crippen molar-refractivity contribution in [2.75, 3.05) is 5.32 Å². The van der Waals surface area contributed by atoms with E-state index in [1.54, 1.807) is 0 Å². The number of anilines is 1. The van der Waals surface area contributed by atoms with Gasteiger partial charge in [0.1, 0.15) is 12.4 Å². The van der Waals surface area contributed by atoms with Gasteiger partial charge in [0.15, 0.2) is 0 Å². The molecule has 4 aromatic carbocycles. The second-order valence-electron chi connectivity index (χ2n) is 7.00. The maximum absolute atomic E-state index is 6.49. The molecule has 0 aliphatic rings. The minimum absolute atomic E-state index is 0.483. The molecule has 0 unspecified atom stereocenters. The third-order valence-corrected chi connectivity index (χ3v) is 5.72. The Hall–Kier alpha value is -2.49. The van der Waals surface area contributed by atoms with E-state index in [4.69, 9.17) is 16.3 Å². The molecular formula is C25H21BrClNO. The summed E-state index contributed by atoms with van der Waals surface area (Å²) in [5.41, 5.74) is 4.56. The minimum atomic E-state index is 0.483. The third kappa shape index (κ3) is 4.75. The zero-order valence-electron chi connectivity index (χ0n) is 16.1. The number of aryl methyl sites for hydroxylation is 1. The highest BCUT2D eigenvalue weighted by Gasteiger charge is 2.07. The third-order valence-electron chi connectivity index (χ3n) is 4.93. The average molecular weight is 467 g/mol. The number of fused-ring (bicyclic) bond motifs is 1. The van der Waals surface area contributed by atoms with Crippen LogP contribution in [-0.4, -0.2) is 0 Å². The molecule has 0 aromatic heterocycles. The van der Waals surface area contributed by atoms with Crippen LogP contribution < -0.4 is 10.1 Å². The molecule has 0 atom stereocenters. The van der Waals surface area contributed by atoms with Gasteiger partial charge in [-0.15, -0.1) is 0 Å². The zero-order chi connectivity index (χ0) is 20.2. The number of benzene rings is 4. The molecule has 146 valence electrons. The van der Waals surface area contributed by atoms with Crippen molar-refractivity contribution in [3.8, 4) is 5.75 Å². The van der Waals surface area contributed by atoms with Crippen molar-refractivity contribution in [1.82, 2.24) is 0 Å². The van der Waals surface area contributed by atoms with Crippen LogP contribution in [0.25, 0.3) is 10.8 Å². The van der Waals surface area contributed by atoms with Gasteiger partial charge in [0.2, 0.25) is 0 Å². The topological polar surface area (TPSA) is 21.3 Å². The summed E-state index contributed by atoms with van der Waals surface area (Å²) >= 11 is 9.98. The first-order valence-corrected chi connectivity index (χ1v) is 10.6. The molecule has 4 rings (SSSR count). The van der Waals surface area contributed by atoms with Crippen LogP contribution in [0.2, 0.25) is 5.02 Å². The van der Waals surface area contributed by atoms with Gasteiger partial charge in [-0.3, -0.25) is 0 Å². The van der Waals surface area contributed by atoms with Crippen molar-refractivity contribution in [2.45, 2.75) is 20.1 Å². The fourth-order valence-electron chi connectivity index (χ4n) is 3.37. The summed E-state index contributed by atoms with van der Waals surface area (Å²) in [6, 6.07) is 26.7. The predicted octanol–water partition coefficient (Wildman–Crippen LogP) is 7.76. The SMILES string of the molecule is Cc1cc(Br)ccc1NCc1ccc(OCc2cccc3ccccc23)c(Cl)c1. The Morgan fingerprint density at radius 3 is 2.59 bits per heavy atom. The highest BCUT2D eigenvalue weighted by molar-refractivity contribution is 9.10. The molecule has 2 nitrogen and oxygen atoms in total. The first-order chi connectivity index (χ1) is 14.1. The molecule has 0 saturated heterocycles. The molecule has 0 bridgehead atoms. The number of rotatable bonds is 6. The minimum Gasteiger partial charge on any atom is -0.487 e. The lowest BCUT2D eigenvalue weighted by Gasteiger charge is -2.13. The molecule has 1 N–H and O–H groups in total. The standard InChI is InChI=1S/C25H21BrClNO/c1-17-13-21(26)10-11-24(17)28-15-18-9-12-25(23(27)14-18)29-16-20-7-4-6-19-5-2-3-8-22(19)20/h2-14,28H,15-16H2,1H3. The maximum atomic E-state index is 6.49. The van der Waals surface area contributed by atoms with Crippen molar-refractivity contribution in [1.29, 1.82) is 0 Å². The van der Waals surface area contributed by atoms with Crippen molar-refractivity contribution in [3.63, 3.8) is 0 Å². The Bertz CT molecular complexity index is 1150. The molecular weight excluding hydrogens is 446 g/mol. The lowest BCUT2D eigenvalue weighted by atomic mass is 10.1. The molecule has 0 fully saturated rings. The number of hydrogen-bond donors (Lipinski definition) is 1. The van der Waals surface area contributed by atoms with Gasteiger partial charge in [0.05, 0.1) is 5.02 Å². The van der Waals surface area contributed by atoms with Crippen LogP contribution in [0.1, 0.15) is 16.7 Å². The highest BCUT2D eigenvalue weighted by atomic mass is 79.9. The van der Waals surface area contributed by atoms with Gasteiger partial charge in [-0.2, -0.15) is 0 Å². The van der Waals surface area contributed by atoms with Gasteiger partial charge >= 0.3 is 0 Å². The quantitative estimate of drug-likeness (QED) is 0.313. The molecule has 4 heteroatoms.